The molecular weight excluding hydrogens is 283 g/mol. The molecule has 0 aromatic heterocycles. The molecule has 110 valence electrons. The summed E-state index contributed by atoms with van der Waals surface area (Å²) < 4.78 is 18.3. The Morgan fingerprint density at radius 1 is 1.20 bits per heavy atom. The maximum absolute atomic E-state index is 13.5. The van der Waals surface area contributed by atoms with E-state index in [1.807, 2.05) is 0 Å². The van der Waals surface area contributed by atoms with Crippen LogP contribution in [-0.4, -0.2) is 18.4 Å². The number of esters is 1. The van der Waals surface area contributed by atoms with E-state index in [2.05, 4.69) is 0 Å². The van der Waals surface area contributed by atoms with Gasteiger partial charge >= 0.3 is 5.97 Å². The van der Waals surface area contributed by atoms with Crippen molar-refractivity contribution in [2.24, 2.45) is 0 Å². The van der Waals surface area contributed by atoms with Gasteiger partial charge in [0.15, 0.2) is 5.78 Å². The van der Waals surface area contributed by atoms with Crippen LogP contribution in [0, 0.1) is 5.82 Å². The molecule has 20 heavy (non-hydrogen) atoms. The molecule has 0 fully saturated rings. The molecule has 0 unspecified atom stereocenters. The Hall–Kier alpha value is -1.42. The number of carbonyl (C=O) groups excluding carboxylic acids is 2. The van der Waals surface area contributed by atoms with Gasteiger partial charge in [-0.1, -0.05) is 18.0 Å². The molecule has 0 saturated carbocycles. The predicted octanol–water partition coefficient (Wildman–Crippen LogP) is 4.18. The van der Waals surface area contributed by atoms with Gasteiger partial charge in [0.25, 0.3) is 0 Å². The highest BCUT2D eigenvalue weighted by Crippen LogP contribution is 2.17. The first-order chi connectivity index (χ1) is 9.54. The Balaban J connectivity index is 2.28. The van der Waals surface area contributed by atoms with Crippen LogP contribution in [0.5, 0.6) is 0 Å². The monoisotopic (exact) mass is 300 g/mol. The first-order valence-corrected chi connectivity index (χ1v) is 7.06. The molecule has 3 nitrogen and oxygen atoms in total. The van der Waals surface area contributed by atoms with Crippen molar-refractivity contribution in [2.75, 3.05) is 6.61 Å². The quantitative estimate of drug-likeness (QED) is 0.411. The van der Waals surface area contributed by atoms with E-state index in [9.17, 15) is 14.0 Å². The summed E-state index contributed by atoms with van der Waals surface area (Å²) in [6, 6.07) is 4.03. The molecule has 0 saturated heterocycles. The maximum Gasteiger partial charge on any atom is 0.305 e. The largest absolute Gasteiger partial charge is 0.466 e. The van der Waals surface area contributed by atoms with Crippen LogP contribution in [0.15, 0.2) is 18.2 Å². The number of carbonyl (C=O) groups is 2. The van der Waals surface area contributed by atoms with E-state index in [0.717, 1.165) is 12.5 Å². The van der Waals surface area contributed by atoms with Crippen molar-refractivity contribution in [3.63, 3.8) is 0 Å². The summed E-state index contributed by atoms with van der Waals surface area (Å²) in [5.74, 6) is -1.05. The third-order valence-electron chi connectivity index (χ3n) is 2.82. The average molecular weight is 301 g/mol. The topological polar surface area (TPSA) is 43.4 Å². The van der Waals surface area contributed by atoms with Crippen LogP contribution in [0.4, 0.5) is 4.39 Å². The van der Waals surface area contributed by atoms with Crippen LogP contribution in [0.1, 0.15) is 49.4 Å². The Kier molecular flexibility index (Phi) is 7.23. The Morgan fingerprint density at radius 2 is 1.90 bits per heavy atom. The van der Waals surface area contributed by atoms with Gasteiger partial charge in [-0.3, -0.25) is 9.59 Å². The number of hydrogen-bond donors (Lipinski definition) is 0. The zero-order valence-electron chi connectivity index (χ0n) is 11.5. The number of ether oxygens (including phenoxy) is 1. The predicted molar refractivity (Wildman–Crippen MR) is 75.5 cm³/mol. The van der Waals surface area contributed by atoms with E-state index in [1.165, 1.54) is 12.1 Å². The highest BCUT2D eigenvalue weighted by Gasteiger charge is 2.11. The van der Waals surface area contributed by atoms with Crippen LogP contribution >= 0.6 is 11.6 Å². The molecule has 5 heteroatoms. The smallest absolute Gasteiger partial charge is 0.305 e. The van der Waals surface area contributed by atoms with Gasteiger partial charge in [-0.05, 0) is 38.0 Å². The van der Waals surface area contributed by atoms with E-state index in [-0.39, 0.29) is 28.8 Å². The first kappa shape index (κ1) is 16.6. The minimum Gasteiger partial charge on any atom is -0.466 e. The van der Waals surface area contributed by atoms with Gasteiger partial charge in [0.1, 0.15) is 5.82 Å². The number of halogens is 2. The number of Topliss-reactive ketones (excluding diaryl/α,β-unsaturated/α-hetero) is 1. The minimum atomic E-state index is -0.589. The maximum atomic E-state index is 13.5. The van der Waals surface area contributed by atoms with Crippen molar-refractivity contribution in [1.82, 2.24) is 0 Å². The van der Waals surface area contributed by atoms with Crippen LogP contribution in [0.3, 0.4) is 0 Å². The molecule has 0 bridgehead atoms. The molecular formula is C15H18ClFO3. The summed E-state index contributed by atoms with van der Waals surface area (Å²) in [7, 11) is 0. The molecule has 0 radical (unpaired) electrons. The molecule has 0 N–H and O–H groups in total. The fourth-order valence-corrected chi connectivity index (χ4v) is 1.97. The average Bonchev–Trinajstić information content (AvgIpc) is 2.38. The van der Waals surface area contributed by atoms with Crippen LogP contribution in [0.2, 0.25) is 5.02 Å². The molecule has 0 aliphatic rings. The van der Waals surface area contributed by atoms with Crippen molar-refractivity contribution in [2.45, 2.75) is 39.0 Å². The number of unbranched alkanes of at least 4 members (excludes halogenated alkanes) is 2. The summed E-state index contributed by atoms with van der Waals surface area (Å²) in [6.07, 6.45) is 2.66. The van der Waals surface area contributed by atoms with E-state index in [1.54, 1.807) is 6.92 Å². The molecule has 0 amide bonds. The molecule has 0 aliphatic heterocycles. The summed E-state index contributed by atoms with van der Waals surface area (Å²) in [5.41, 5.74) is 0.0693. The summed E-state index contributed by atoms with van der Waals surface area (Å²) in [5, 5.41) is 0.272. The standard InChI is InChI=1S/C15H18ClFO3/c1-2-20-15(19)7-5-3-4-6-14(18)12-9-8-11(16)10-13(12)17/h8-10H,2-7H2,1H3. The summed E-state index contributed by atoms with van der Waals surface area (Å²) in [6.45, 7) is 2.14. The lowest BCUT2D eigenvalue weighted by atomic mass is 10.0. The number of hydrogen-bond acceptors (Lipinski definition) is 3. The third kappa shape index (κ3) is 5.70. The van der Waals surface area contributed by atoms with Gasteiger partial charge in [0.05, 0.1) is 12.2 Å². The van der Waals surface area contributed by atoms with Crippen molar-refractivity contribution in [1.29, 1.82) is 0 Å². The second kappa shape index (κ2) is 8.69. The van der Waals surface area contributed by atoms with Crippen LogP contribution < -0.4 is 0 Å². The highest BCUT2D eigenvalue weighted by atomic mass is 35.5. The molecule has 0 aliphatic carbocycles. The van der Waals surface area contributed by atoms with E-state index >= 15 is 0 Å². The van der Waals surface area contributed by atoms with Crippen LogP contribution in [-0.2, 0) is 9.53 Å². The Bertz CT molecular complexity index is 474. The zero-order valence-corrected chi connectivity index (χ0v) is 12.2. The van der Waals surface area contributed by atoms with Crippen molar-refractivity contribution >= 4 is 23.4 Å². The second-order valence-electron chi connectivity index (χ2n) is 4.41. The molecule has 0 atom stereocenters. The molecule has 0 heterocycles. The lowest BCUT2D eigenvalue weighted by Crippen LogP contribution is -2.04. The fraction of sp³-hybridized carbons (Fsp3) is 0.467. The Labute approximate surface area is 123 Å². The molecule has 1 rings (SSSR count). The van der Waals surface area contributed by atoms with E-state index < -0.39 is 5.82 Å². The number of rotatable bonds is 8. The van der Waals surface area contributed by atoms with Gasteiger partial charge in [0, 0.05) is 17.9 Å². The van der Waals surface area contributed by atoms with Crippen molar-refractivity contribution in [3.05, 3.63) is 34.6 Å². The van der Waals surface area contributed by atoms with Gasteiger partial charge in [0.2, 0.25) is 0 Å². The van der Waals surface area contributed by atoms with Crippen molar-refractivity contribution < 1.29 is 18.7 Å². The third-order valence-corrected chi connectivity index (χ3v) is 3.06. The van der Waals surface area contributed by atoms with Gasteiger partial charge in [-0.15, -0.1) is 0 Å². The second-order valence-corrected chi connectivity index (χ2v) is 4.85. The van der Waals surface area contributed by atoms with E-state index in [0.29, 0.717) is 25.9 Å². The lowest BCUT2D eigenvalue weighted by Gasteiger charge is -2.04. The molecule has 1 aromatic carbocycles. The zero-order chi connectivity index (χ0) is 15.0. The lowest BCUT2D eigenvalue weighted by molar-refractivity contribution is -0.143. The number of benzene rings is 1. The molecule has 0 spiro atoms. The molecule has 1 aromatic rings. The first-order valence-electron chi connectivity index (χ1n) is 6.68. The summed E-state index contributed by atoms with van der Waals surface area (Å²) >= 11 is 5.63. The van der Waals surface area contributed by atoms with Crippen molar-refractivity contribution in [3.8, 4) is 0 Å². The minimum absolute atomic E-state index is 0.0693. The van der Waals surface area contributed by atoms with Gasteiger partial charge in [-0.2, -0.15) is 0 Å². The SMILES string of the molecule is CCOC(=O)CCCCCC(=O)c1ccc(Cl)cc1F. The number of ketones is 1. The Morgan fingerprint density at radius 3 is 2.55 bits per heavy atom. The van der Waals surface area contributed by atoms with Gasteiger partial charge < -0.3 is 4.74 Å². The fourth-order valence-electron chi connectivity index (χ4n) is 1.82. The van der Waals surface area contributed by atoms with Crippen LogP contribution in [0.25, 0.3) is 0 Å². The summed E-state index contributed by atoms with van der Waals surface area (Å²) in [4.78, 5) is 22.9. The normalized spacial score (nSPS) is 10.3. The van der Waals surface area contributed by atoms with Gasteiger partial charge in [-0.25, -0.2) is 4.39 Å². The van der Waals surface area contributed by atoms with E-state index in [4.69, 9.17) is 16.3 Å². The highest BCUT2D eigenvalue weighted by molar-refractivity contribution is 6.30.